The van der Waals surface area contributed by atoms with E-state index < -0.39 is 0 Å². The van der Waals surface area contributed by atoms with Gasteiger partial charge in [-0.25, -0.2) is 0 Å². The monoisotopic (exact) mass is 387 g/mol. The summed E-state index contributed by atoms with van der Waals surface area (Å²) in [6.45, 7) is 4.78. The Labute approximate surface area is 170 Å². The normalized spacial score (nSPS) is 12.4. The molecule has 29 heavy (non-hydrogen) atoms. The Bertz CT molecular complexity index is 1090. The minimum absolute atomic E-state index is 0.0126. The standard InChI is InChI=1S/C24H25N3O2/c1-16(2)13-18(25)15-28-23-9-8-17(14-21(23)24-10-12-27-29-24)19-5-3-7-22-20(19)6-4-11-26-22/h3-12,14,16,18H,13,15,25H2,1-2H3/t18-/m0/s1. The van der Waals surface area contributed by atoms with Gasteiger partial charge < -0.3 is 15.0 Å². The molecule has 0 radical (unpaired) electrons. The van der Waals surface area contributed by atoms with Gasteiger partial charge in [0.25, 0.3) is 0 Å². The van der Waals surface area contributed by atoms with Crippen LogP contribution in [0.1, 0.15) is 20.3 Å². The number of fused-ring (bicyclic) bond motifs is 1. The molecule has 2 aromatic heterocycles. The molecule has 0 aliphatic carbocycles. The first-order valence-electron chi connectivity index (χ1n) is 9.89. The van der Waals surface area contributed by atoms with Gasteiger partial charge in [-0.15, -0.1) is 0 Å². The maximum absolute atomic E-state index is 6.21. The van der Waals surface area contributed by atoms with Gasteiger partial charge in [0.1, 0.15) is 12.4 Å². The Morgan fingerprint density at radius 3 is 2.69 bits per heavy atom. The highest BCUT2D eigenvalue weighted by Gasteiger charge is 2.15. The smallest absolute Gasteiger partial charge is 0.170 e. The topological polar surface area (TPSA) is 74.2 Å². The number of hydrogen-bond donors (Lipinski definition) is 1. The van der Waals surface area contributed by atoms with Crippen molar-refractivity contribution in [3.05, 3.63) is 67.0 Å². The van der Waals surface area contributed by atoms with E-state index in [2.05, 4.69) is 48.3 Å². The highest BCUT2D eigenvalue weighted by atomic mass is 16.5. The van der Waals surface area contributed by atoms with Crippen molar-refractivity contribution < 1.29 is 9.26 Å². The van der Waals surface area contributed by atoms with E-state index in [-0.39, 0.29) is 6.04 Å². The molecular formula is C24H25N3O2. The van der Waals surface area contributed by atoms with E-state index in [0.29, 0.717) is 18.3 Å². The average Bonchev–Trinajstić information content (AvgIpc) is 3.26. The van der Waals surface area contributed by atoms with Gasteiger partial charge in [0, 0.05) is 23.7 Å². The minimum atomic E-state index is -0.0126. The van der Waals surface area contributed by atoms with Crippen molar-refractivity contribution in [2.24, 2.45) is 11.7 Å². The molecule has 0 amide bonds. The van der Waals surface area contributed by atoms with Crippen molar-refractivity contribution in [2.75, 3.05) is 6.61 Å². The maximum Gasteiger partial charge on any atom is 0.170 e. The molecule has 0 spiro atoms. The number of aromatic nitrogens is 2. The van der Waals surface area contributed by atoms with Crippen LogP contribution in [0.3, 0.4) is 0 Å². The summed E-state index contributed by atoms with van der Waals surface area (Å²) < 4.78 is 11.5. The third-order valence-corrected chi connectivity index (χ3v) is 4.87. The van der Waals surface area contributed by atoms with E-state index in [4.69, 9.17) is 15.0 Å². The molecule has 0 saturated heterocycles. The summed E-state index contributed by atoms with van der Waals surface area (Å²) in [4.78, 5) is 4.46. The largest absolute Gasteiger partial charge is 0.491 e. The molecule has 1 atom stereocenters. The lowest BCUT2D eigenvalue weighted by Gasteiger charge is -2.17. The van der Waals surface area contributed by atoms with Crippen LogP contribution in [-0.2, 0) is 0 Å². The fraction of sp³-hybridized carbons (Fsp3) is 0.250. The van der Waals surface area contributed by atoms with E-state index in [1.165, 1.54) is 0 Å². The number of pyridine rings is 1. The fourth-order valence-corrected chi connectivity index (χ4v) is 3.60. The van der Waals surface area contributed by atoms with Crippen LogP contribution in [0.2, 0.25) is 0 Å². The predicted molar refractivity (Wildman–Crippen MR) is 116 cm³/mol. The Morgan fingerprint density at radius 1 is 1.00 bits per heavy atom. The van der Waals surface area contributed by atoms with Crippen LogP contribution in [-0.4, -0.2) is 22.8 Å². The molecule has 0 aliphatic rings. The number of nitrogens with two attached hydrogens (primary N) is 1. The summed E-state index contributed by atoms with van der Waals surface area (Å²) in [5.74, 6) is 1.94. The van der Waals surface area contributed by atoms with Crippen molar-refractivity contribution >= 4 is 10.9 Å². The van der Waals surface area contributed by atoms with Gasteiger partial charge in [0.05, 0.1) is 17.3 Å². The summed E-state index contributed by atoms with van der Waals surface area (Å²) in [7, 11) is 0. The Kier molecular flexibility index (Phi) is 5.58. The summed E-state index contributed by atoms with van der Waals surface area (Å²) in [5, 5.41) is 4.96. The second-order valence-corrected chi connectivity index (χ2v) is 7.66. The van der Waals surface area contributed by atoms with E-state index in [1.807, 2.05) is 36.5 Å². The molecular weight excluding hydrogens is 362 g/mol. The Morgan fingerprint density at radius 2 is 1.90 bits per heavy atom. The summed E-state index contributed by atoms with van der Waals surface area (Å²) in [5.41, 5.74) is 10.2. The maximum atomic E-state index is 6.21. The molecule has 0 saturated carbocycles. The van der Waals surface area contributed by atoms with Crippen molar-refractivity contribution in [1.82, 2.24) is 10.1 Å². The van der Waals surface area contributed by atoms with Crippen LogP contribution in [0.25, 0.3) is 33.4 Å². The zero-order valence-corrected chi connectivity index (χ0v) is 16.7. The number of benzene rings is 2. The highest BCUT2D eigenvalue weighted by Crippen LogP contribution is 2.36. The van der Waals surface area contributed by atoms with Crippen LogP contribution in [0.15, 0.2) is 71.5 Å². The van der Waals surface area contributed by atoms with Crippen LogP contribution in [0.5, 0.6) is 5.75 Å². The van der Waals surface area contributed by atoms with E-state index in [0.717, 1.165) is 39.8 Å². The van der Waals surface area contributed by atoms with Gasteiger partial charge in [-0.05, 0) is 47.7 Å². The number of ether oxygens (including phenoxy) is 1. The SMILES string of the molecule is CC(C)C[C@H](N)COc1ccc(-c2cccc3ncccc23)cc1-c1ccno1. The highest BCUT2D eigenvalue weighted by molar-refractivity contribution is 5.95. The second kappa shape index (κ2) is 8.45. The van der Waals surface area contributed by atoms with Gasteiger partial charge in [-0.3, -0.25) is 4.98 Å². The summed E-state index contributed by atoms with van der Waals surface area (Å²) in [6.07, 6.45) is 4.36. The molecule has 2 N–H and O–H groups in total. The molecule has 2 aromatic carbocycles. The quantitative estimate of drug-likeness (QED) is 0.465. The molecule has 0 aliphatic heterocycles. The minimum Gasteiger partial charge on any atom is -0.491 e. The van der Waals surface area contributed by atoms with Crippen LogP contribution in [0.4, 0.5) is 0 Å². The zero-order valence-electron chi connectivity index (χ0n) is 16.7. The predicted octanol–water partition coefficient (Wildman–Crippen LogP) is 5.31. The molecule has 148 valence electrons. The summed E-state index contributed by atoms with van der Waals surface area (Å²) in [6, 6.07) is 18.1. The molecule has 0 fully saturated rings. The van der Waals surface area contributed by atoms with E-state index in [9.17, 15) is 0 Å². The van der Waals surface area contributed by atoms with Crippen molar-refractivity contribution in [3.8, 4) is 28.2 Å². The van der Waals surface area contributed by atoms with Gasteiger partial charge in [-0.1, -0.05) is 43.3 Å². The van der Waals surface area contributed by atoms with Crippen LogP contribution < -0.4 is 10.5 Å². The number of hydrogen-bond acceptors (Lipinski definition) is 5. The Hall–Kier alpha value is -3.18. The van der Waals surface area contributed by atoms with Gasteiger partial charge in [0.2, 0.25) is 0 Å². The molecule has 5 nitrogen and oxygen atoms in total. The van der Waals surface area contributed by atoms with Crippen molar-refractivity contribution in [2.45, 2.75) is 26.3 Å². The molecule has 4 aromatic rings. The van der Waals surface area contributed by atoms with E-state index >= 15 is 0 Å². The van der Waals surface area contributed by atoms with Crippen molar-refractivity contribution in [1.29, 1.82) is 0 Å². The van der Waals surface area contributed by atoms with Crippen LogP contribution in [0, 0.1) is 5.92 Å². The molecule has 5 heteroatoms. The number of nitrogens with zero attached hydrogens (tertiary/aromatic N) is 2. The fourth-order valence-electron chi connectivity index (χ4n) is 3.60. The first-order valence-corrected chi connectivity index (χ1v) is 9.89. The van der Waals surface area contributed by atoms with Crippen LogP contribution >= 0.6 is 0 Å². The molecule has 2 heterocycles. The zero-order chi connectivity index (χ0) is 20.2. The molecule has 4 rings (SSSR count). The lowest BCUT2D eigenvalue weighted by molar-refractivity contribution is 0.271. The third kappa shape index (κ3) is 4.30. The van der Waals surface area contributed by atoms with Gasteiger partial charge in [0.15, 0.2) is 5.76 Å². The summed E-state index contributed by atoms with van der Waals surface area (Å²) >= 11 is 0. The molecule has 0 bridgehead atoms. The lowest BCUT2D eigenvalue weighted by Crippen LogP contribution is -2.29. The van der Waals surface area contributed by atoms with Gasteiger partial charge >= 0.3 is 0 Å². The first-order chi connectivity index (χ1) is 14.1. The second-order valence-electron chi connectivity index (χ2n) is 7.66. The lowest BCUT2D eigenvalue weighted by atomic mass is 9.97. The third-order valence-electron chi connectivity index (χ3n) is 4.87. The average molecular weight is 387 g/mol. The Balaban J connectivity index is 1.71. The molecule has 0 unspecified atom stereocenters. The van der Waals surface area contributed by atoms with Gasteiger partial charge in [-0.2, -0.15) is 0 Å². The van der Waals surface area contributed by atoms with E-state index in [1.54, 1.807) is 6.20 Å². The number of rotatable bonds is 7. The first kappa shape index (κ1) is 19.2. The van der Waals surface area contributed by atoms with Crippen molar-refractivity contribution in [3.63, 3.8) is 0 Å².